The summed E-state index contributed by atoms with van der Waals surface area (Å²) in [5, 5.41) is 19.2. The first-order valence-corrected chi connectivity index (χ1v) is 10.6. The number of ether oxygens (including phenoxy) is 2. The molecule has 31 heavy (non-hydrogen) atoms. The molecule has 0 saturated carbocycles. The summed E-state index contributed by atoms with van der Waals surface area (Å²) in [6.07, 6.45) is 0.708. The standard InChI is InChI=1S/C22H30N4O5/c1-21(2,11-26-9-5-6-14(26)20(23)28)18(27)17-19(31-25-24-17)22(3,4)13-7-8-15-16(10-13)30-12-29-15/h7-8,10,14,18,27H,5-6,9,11-12H2,1-4H3,(H2,23,28)/t14-,18?/m0/s1. The van der Waals surface area contributed by atoms with Crippen molar-refractivity contribution in [2.75, 3.05) is 19.9 Å². The Balaban J connectivity index is 1.60. The normalized spacial score (nSPS) is 20.2. The minimum atomic E-state index is -0.948. The number of hydrogen-bond donors (Lipinski definition) is 2. The Morgan fingerprint density at radius 1 is 1.29 bits per heavy atom. The van der Waals surface area contributed by atoms with Crippen molar-refractivity contribution in [3.63, 3.8) is 0 Å². The molecular formula is C22H30N4O5. The number of aliphatic hydroxyl groups excluding tert-OH is 1. The monoisotopic (exact) mass is 430 g/mol. The van der Waals surface area contributed by atoms with Gasteiger partial charge in [-0.15, -0.1) is 5.10 Å². The van der Waals surface area contributed by atoms with Gasteiger partial charge in [-0.3, -0.25) is 9.69 Å². The van der Waals surface area contributed by atoms with Crippen LogP contribution in [-0.2, 0) is 10.2 Å². The Bertz CT molecular complexity index is 971. The number of nitrogens with two attached hydrogens (primary N) is 1. The molecule has 0 bridgehead atoms. The fourth-order valence-electron chi connectivity index (χ4n) is 4.54. The highest BCUT2D eigenvalue weighted by Crippen LogP contribution is 2.43. The number of fused-ring (bicyclic) bond motifs is 1. The molecule has 1 fully saturated rings. The average Bonchev–Trinajstić information content (AvgIpc) is 3.46. The number of carbonyl (C=O) groups excluding carboxylic acids is 1. The molecule has 0 spiro atoms. The van der Waals surface area contributed by atoms with E-state index in [1.54, 1.807) is 0 Å². The molecular weight excluding hydrogens is 400 g/mol. The van der Waals surface area contributed by atoms with Crippen LogP contribution in [0.3, 0.4) is 0 Å². The molecule has 0 radical (unpaired) electrons. The minimum absolute atomic E-state index is 0.198. The first-order valence-electron chi connectivity index (χ1n) is 10.6. The van der Waals surface area contributed by atoms with Crippen molar-refractivity contribution in [2.45, 2.75) is 58.1 Å². The highest BCUT2D eigenvalue weighted by atomic mass is 16.7. The van der Waals surface area contributed by atoms with Crippen LogP contribution in [0.15, 0.2) is 22.7 Å². The van der Waals surface area contributed by atoms with Gasteiger partial charge in [0.2, 0.25) is 12.7 Å². The van der Waals surface area contributed by atoms with Gasteiger partial charge in [0.15, 0.2) is 17.3 Å². The molecule has 2 aliphatic rings. The molecule has 1 saturated heterocycles. The topological polar surface area (TPSA) is 124 Å². The number of nitrogens with zero attached hydrogens (tertiary/aromatic N) is 3. The maximum absolute atomic E-state index is 11.8. The number of carbonyl (C=O) groups is 1. The van der Waals surface area contributed by atoms with Gasteiger partial charge in [0.1, 0.15) is 11.8 Å². The SMILES string of the molecule is CC(C)(c1ccc2c(c1)OCO2)c1onnc1C(O)C(C)(C)CN1CCC[C@H]1C(N)=O. The van der Waals surface area contributed by atoms with E-state index in [1.165, 1.54) is 0 Å². The Morgan fingerprint density at radius 3 is 2.77 bits per heavy atom. The minimum Gasteiger partial charge on any atom is -0.454 e. The summed E-state index contributed by atoms with van der Waals surface area (Å²) in [6, 6.07) is 5.42. The molecule has 3 heterocycles. The van der Waals surface area contributed by atoms with Crippen molar-refractivity contribution in [3.05, 3.63) is 35.2 Å². The Morgan fingerprint density at radius 2 is 2.03 bits per heavy atom. The number of aliphatic hydroxyl groups is 1. The molecule has 168 valence electrons. The third kappa shape index (κ3) is 3.87. The molecule has 3 N–H and O–H groups in total. The summed E-state index contributed by atoms with van der Waals surface area (Å²) in [5.74, 6) is 1.54. The zero-order chi connectivity index (χ0) is 22.4. The first-order chi connectivity index (χ1) is 14.6. The molecule has 2 aliphatic heterocycles. The molecule has 1 aromatic carbocycles. The van der Waals surface area contributed by atoms with Crippen molar-refractivity contribution in [1.82, 2.24) is 15.3 Å². The van der Waals surface area contributed by atoms with Crippen molar-refractivity contribution in [2.24, 2.45) is 11.1 Å². The molecule has 9 heteroatoms. The van der Waals surface area contributed by atoms with Gasteiger partial charge in [0, 0.05) is 17.2 Å². The summed E-state index contributed by atoms with van der Waals surface area (Å²) in [7, 11) is 0. The van der Waals surface area contributed by atoms with Gasteiger partial charge in [-0.1, -0.05) is 19.9 Å². The van der Waals surface area contributed by atoms with Crippen LogP contribution in [0.5, 0.6) is 11.5 Å². The van der Waals surface area contributed by atoms with E-state index in [9.17, 15) is 9.90 Å². The van der Waals surface area contributed by atoms with Gasteiger partial charge in [0.05, 0.1) is 11.5 Å². The summed E-state index contributed by atoms with van der Waals surface area (Å²) >= 11 is 0. The number of aromatic nitrogens is 2. The molecule has 4 rings (SSSR count). The predicted molar refractivity (Wildman–Crippen MR) is 112 cm³/mol. The number of likely N-dealkylation sites (tertiary alicyclic amines) is 1. The summed E-state index contributed by atoms with van der Waals surface area (Å²) in [5.41, 5.74) is 5.64. The number of hydrogen-bond acceptors (Lipinski definition) is 8. The second-order valence-electron chi connectivity index (χ2n) is 9.60. The largest absolute Gasteiger partial charge is 0.454 e. The van der Waals surface area contributed by atoms with E-state index in [2.05, 4.69) is 10.4 Å². The third-order valence-electron chi connectivity index (χ3n) is 6.48. The van der Waals surface area contributed by atoms with E-state index in [0.717, 1.165) is 24.9 Å². The molecule has 9 nitrogen and oxygen atoms in total. The zero-order valence-electron chi connectivity index (χ0n) is 18.4. The van der Waals surface area contributed by atoms with Crippen molar-refractivity contribution in [3.8, 4) is 11.5 Å². The lowest BCUT2D eigenvalue weighted by molar-refractivity contribution is -0.123. The van der Waals surface area contributed by atoms with E-state index in [0.29, 0.717) is 29.5 Å². The molecule has 2 atom stereocenters. The van der Waals surface area contributed by atoms with E-state index >= 15 is 0 Å². The first kappa shape index (κ1) is 21.6. The van der Waals surface area contributed by atoms with E-state index in [1.807, 2.05) is 50.8 Å². The van der Waals surface area contributed by atoms with Gasteiger partial charge in [0.25, 0.3) is 0 Å². The van der Waals surface area contributed by atoms with Gasteiger partial charge in [-0.05, 0) is 50.9 Å². The van der Waals surface area contributed by atoms with Crippen LogP contribution in [0.25, 0.3) is 0 Å². The molecule has 1 aromatic heterocycles. The fourth-order valence-corrected chi connectivity index (χ4v) is 4.54. The second kappa shape index (κ2) is 7.80. The quantitative estimate of drug-likeness (QED) is 0.685. The second-order valence-corrected chi connectivity index (χ2v) is 9.60. The number of amides is 1. The summed E-state index contributed by atoms with van der Waals surface area (Å²) in [4.78, 5) is 13.8. The average molecular weight is 431 g/mol. The molecule has 1 amide bonds. The zero-order valence-corrected chi connectivity index (χ0v) is 18.4. The van der Waals surface area contributed by atoms with E-state index < -0.39 is 16.9 Å². The van der Waals surface area contributed by atoms with E-state index in [-0.39, 0.29) is 18.7 Å². The maximum Gasteiger partial charge on any atom is 0.234 e. The van der Waals surface area contributed by atoms with E-state index in [4.69, 9.17) is 19.7 Å². The summed E-state index contributed by atoms with van der Waals surface area (Å²) < 4.78 is 16.5. The van der Waals surface area contributed by atoms with Crippen LogP contribution >= 0.6 is 0 Å². The summed E-state index contributed by atoms with van der Waals surface area (Å²) in [6.45, 7) is 9.33. The maximum atomic E-state index is 11.8. The Labute approximate surface area is 181 Å². The number of primary amides is 1. The number of benzene rings is 1. The lowest BCUT2D eigenvalue weighted by atomic mass is 9.77. The van der Waals surface area contributed by atoms with Crippen LogP contribution in [-0.4, -0.2) is 52.2 Å². The van der Waals surface area contributed by atoms with Crippen LogP contribution in [0.4, 0.5) is 0 Å². The molecule has 1 unspecified atom stereocenters. The Kier molecular flexibility index (Phi) is 5.43. The van der Waals surface area contributed by atoms with Gasteiger partial charge < -0.3 is 24.8 Å². The lowest BCUT2D eigenvalue weighted by Crippen LogP contribution is -2.46. The molecule has 2 aromatic rings. The highest BCUT2D eigenvalue weighted by Gasteiger charge is 2.42. The fraction of sp³-hybridized carbons (Fsp3) is 0.591. The predicted octanol–water partition coefficient (Wildman–Crippen LogP) is 2.13. The lowest BCUT2D eigenvalue weighted by Gasteiger charge is -2.36. The van der Waals surface area contributed by atoms with Crippen molar-refractivity contribution >= 4 is 5.91 Å². The highest BCUT2D eigenvalue weighted by molar-refractivity contribution is 5.80. The van der Waals surface area contributed by atoms with Crippen LogP contribution < -0.4 is 15.2 Å². The third-order valence-corrected chi connectivity index (χ3v) is 6.48. The van der Waals surface area contributed by atoms with Crippen molar-refractivity contribution < 1.29 is 23.9 Å². The van der Waals surface area contributed by atoms with Gasteiger partial charge >= 0.3 is 0 Å². The van der Waals surface area contributed by atoms with Crippen LogP contribution in [0.1, 0.15) is 63.7 Å². The molecule has 0 aliphatic carbocycles. The van der Waals surface area contributed by atoms with Gasteiger partial charge in [-0.25, -0.2) is 0 Å². The number of rotatable bonds is 7. The van der Waals surface area contributed by atoms with Crippen LogP contribution in [0.2, 0.25) is 0 Å². The van der Waals surface area contributed by atoms with Crippen molar-refractivity contribution in [1.29, 1.82) is 0 Å². The smallest absolute Gasteiger partial charge is 0.234 e. The van der Waals surface area contributed by atoms with Gasteiger partial charge in [-0.2, -0.15) is 0 Å². The van der Waals surface area contributed by atoms with Crippen LogP contribution in [0, 0.1) is 5.41 Å². The Hall–Kier alpha value is -2.65.